The van der Waals surface area contributed by atoms with Gasteiger partial charge in [0.05, 0.1) is 33.4 Å². The number of nitrogens with one attached hydrogen (secondary N) is 2. The van der Waals surface area contributed by atoms with Crippen molar-refractivity contribution in [3.8, 4) is 11.5 Å². The highest BCUT2D eigenvalue weighted by Crippen LogP contribution is 2.42. The summed E-state index contributed by atoms with van der Waals surface area (Å²) in [4.78, 5) is 35.1. The minimum Gasteiger partial charge on any atom is -0.493 e. The monoisotopic (exact) mass is 430 g/mol. The SMILES string of the molecule is CC[C@H](C)[C@@H](NC(=O)N1CCc2[nH]cnc2[C@@H]1c1cccc(OC)c1OC)C(=O)OC. The Morgan fingerprint density at radius 1 is 1.29 bits per heavy atom. The lowest BCUT2D eigenvalue weighted by molar-refractivity contribution is -0.144. The first-order valence-electron chi connectivity index (χ1n) is 10.3. The van der Waals surface area contributed by atoms with Gasteiger partial charge in [0.2, 0.25) is 0 Å². The van der Waals surface area contributed by atoms with E-state index in [4.69, 9.17) is 14.2 Å². The number of fused-ring (bicyclic) bond motifs is 1. The van der Waals surface area contributed by atoms with Gasteiger partial charge in [0.25, 0.3) is 0 Å². The van der Waals surface area contributed by atoms with Gasteiger partial charge in [0, 0.05) is 24.2 Å². The Kier molecular flexibility index (Phi) is 7.04. The van der Waals surface area contributed by atoms with Crippen molar-refractivity contribution in [2.45, 2.75) is 38.8 Å². The van der Waals surface area contributed by atoms with Crippen LogP contribution in [0, 0.1) is 5.92 Å². The van der Waals surface area contributed by atoms with Crippen LogP contribution in [0.3, 0.4) is 0 Å². The van der Waals surface area contributed by atoms with E-state index in [0.29, 0.717) is 24.5 Å². The minimum atomic E-state index is -0.740. The number of ether oxygens (including phenoxy) is 3. The molecule has 0 saturated heterocycles. The van der Waals surface area contributed by atoms with Gasteiger partial charge in [-0.05, 0) is 12.0 Å². The van der Waals surface area contributed by atoms with Gasteiger partial charge in [-0.25, -0.2) is 14.6 Å². The molecule has 2 heterocycles. The Balaban J connectivity index is 2.02. The number of nitrogens with zero attached hydrogens (tertiary/aromatic N) is 2. The molecule has 0 saturated carbocycles. The predicted octanol–water partition coefficient (Wildman–Crippen LogP) is 2.67. The van der Waals surface area contributed by atoms with Gasteiger partial charge in [-0.1, -0.05) is 32.4 Å². The molecule has 1 aromatic carbocycles. The van der Waals surface area contributed by atoms with E-state index in [1.807, 2.05) is 26.0 Å². The molecule has 3 rings (SSSR count). The number of H-pyrrole nitrogens is 1. The zero-order chi connectivity index (χ0) is 22.5. The van der Waals surface area contributed by atoms with E-state index in [-0.39, 0.29) is 11.9 Å². The standard InChI is InChI=1S/C22H30N4O5/c1-6-13(2)17(21(27)31-5)25-22(28)26-11-10-15-18(24-12-23-15)19(26)14-8-7-9-16(29-3)20(14)30-4/h7-9,12-13,17,19H,6,10-11H2,1-5H3,(H,23,24)(H,25,28)/t13-,17+,19-/m0/s1. The fourth-order valence-electron chi connectivity index (χ4n) is 3.95. The van der Waals surface area contributed by atoms with Gasteiger partial charge in [-0.3, -0.25) is 0 Å². The average molecular weight is 431 g/mol. The van der Waals surface area contributed by atoms with Crippen molar-refractivity contribution < 1.29 is 23.8 Å². The summed E-state index contributed by atoms with van der Waals surface area (Å²) in [5.41, 5.74) is 2.46. The van der Waals surface area contributed by atoms with Crippen LogP contribution in [0.5, 0.6) is 11.5 Å². The molecule has 2 N–H and O–H groups in total. The first-order valence-corrected chi connectivity index (χ1v) is 10.3. The topological polar surface area (TPSA) is 106 Å². The lowest BCUT2D eigenvalue weighted by Crippen LogP contribution is -2.53. The highest BCUT2D eigenvalue weighted by Gasteiger charge is 2.38. The number of benzene rings is 1. The average Bonchev–Trinajstić information content (AvgIpc) is 3.29. The second-order valence-corrected chi connectivity index (χ2v) is 7.53. The number of rotatable bonds is 7. The maximum absolute atomic E-state index is 13.4. The first kappa shape index (κ1) is 22.5. The van der Waals surface area contributed by atoms with E-state index in [1.54, 1.807) is 31.5 Å². The second-order valence-electron chi connectivity index (χ2n) is 7.53. The van der Waals surface area contributed by atoms with Crippen LogP contribution in [0.1, 0.15) is 43.3 Å². The largest absolute Gasteiger partial charge is 0.493 e. The zero-order valence-electron chi connectivity index (χ0n) is 18.6. The Morgan fingerprint density at radius 3 is 2.71 bits per heavy atom. The number of para-hydroxylation sites is 1. The predicted molar refractivity (Wildman–Crippen MR) is 114 cm³/mol. The maximum atomic E-state index is 13.4. The number of carbonyl (C=O) groups excluding carboxylic acids is 2. The quantitative estimate of drug-likeness (QED) is 0.654. The summed E-state index contributed by atoms with van der Waals surface area (Å²) in [6, 6.07) is 3.94. The number of hydrogen-bond acceptors (Lipinski definition) is 6. The molecule has 3 atom stereocenters. The smallest absolute Gasteiger partial charge is 0.328 e. The van der Waals surface area contributed by atoms with Crippen molar-refractivity contribution in [3.63, 3.8) is 0 Å². The third-order valence-corrected chi connectivity index (χ3v) is 5.86. The highest BCUT2D eigenvalue weighted by atomic mass is 16.5. The van der Waals surface area contributed by atoms with Crippen LogP contribution in [0.2, 0.25) is 0 Å². The molecule has 0 aliphatic carbocycles. The molecule has 0 spiro atoms. The summed E-state index contributed by atoms with van der Waals surface area (Å²) in [6.07, 6.45) is 2.97. The lowest BCUT2D eigenvalue weighted by atomic mass is 9.94. The van der Waals surface area contributed by atoms with Crippen LogP contribution in [0.15, 0.2) is 24.5 Å². The molecule has 1 aliphatic rings. The normalized spacial score (nSPS) is 17.3. The fourth-order valence-corrected chi connectivity index (χ4v) is 3.95. The Morgan fingerprint density at radius 2 is 2.06 bits per heavy atom. The summed E-state index contributed by atoms with van der Waals surface area (Å²) in [5, 5.41) is 2.88. The van der Waals surface area contributed by atoms with E-state index in [9.17, 15) is 9.59 Å². The second kappa shape index (κ2) is 9.72. The summed E-state index contributed by atoms with van der Waals surface area (Å²) in [7, 11) is 4.46. The molecule has 2 amide bonds. The van der Waals surface area contributed by atoms with Crippen LogP contribution in [-0.4, -0.2) is 60.8 Å². The molecule has 0 fully saturated rings. The van der Waals surface area contributed by atoms with Crippen LogP contribution in [0.25, 0.3) is 0 Å². The van der Waals surface area contributed by atoms with Crippen LogP contribution < -0.4 is 14.8 Å². The van der Waals surface area contributed by atoms with Gasteiger partial charge in [-0.15, -0.1) is 0 Å². The summed E-state index contributed by atoms with van der Waals surface area (Å²) in [6.45, 7) is 4.32. The van der Waals surface area contributed by atoms with E-state index in [0.717, 1.165) is 23.4 Å². The number of imidazole rings is 1. The molecule has 0 radical (unpaired) electrons. The lowest BCUT2D eigenvalue weighted by Gasteiger charge is -2.37. The molecule has 1 aliphatic heterocycles. The number of esters is 1. The number of aromatic nitrogens is 2. The van der Waals surface area contributed by atoms with Crippen molar-refractivity contribution in [1.82, 2.24) is 20.2 Å². The molecule has 168 valence electrons. The van der Waals surface area contributed by atoms with E-state index in [1.165, 1.54) is 7.11 Å². The summed E-state index contributed by atoms with van der Waals surface area (Å²) >= 11 is 0. The number of hydrogen-bond donors (Lipinski definition) is 2. The first-order chi connectivity index (χ1) is 15.0. The molecule has 31 heavy (non-hydrogen) atoms. The highest BCUT2D eigenvalue weighted by molar-refractivity contribution is 5.84. The van der Waals surface area contributed by atoms with E-state index in [2.05, 4.69) is 15.3 Å². The Bertz CT molecular complexity index is 928. The number of methoxy groups -OCH3 is 3. The number of aromatic amines is 1. The molecule has 9 nitrogen and oxygen atoms in total. The molecule has 9 heteroatoms. The third kappa shape index (κ3) is 4.30. The van der Waals surface area contributed by atoms with Gasteiger partial charge < -0.3 is 29.4 Å². The molecule has 0 unspecified atom stereocenters. The molecule has 1 aromatic heterocycles. The minimum absolute atomic E-state index is 0.0769. The molecular formula is C22H30N4O5. The van der Waals surface area contributed by atoms with Gasteiger partial charge in [-0.2, -0.15) is 0 Å². The summed E-state index contributed by atoms with van der Waals surface area (Å²) in [5.74, 6) is 0.563. The number of urea groups is 1. The Hall–Kier alpha value is -3.23. The van der Waals surface area contributed by atoms with Crippen molar-refractivity contribution in [3.05, 3.63) is 41.5 Å². The zero-order valence-corrected chi connectivity index (χ0v) is 18.6. The van der Waals surface area contributed by atoms with Gasteiger partial charge in [0.1, 0.15) is 12.1 Å². The van der Waals surface area contributed by atoms with Crippen molar-refractivity contribution in [2.24, 2.45) is 5.92 Å². The Labute approximate surface area is 182 Å². The molecule has 0 bridgehead atoms. The van der Waals surface area contributed by atoms with Crippen LogP contribution in [0.4, 0.5) is 4.79 Å². The number of carbonyl (C=O) groups is 2. The van der Waals surface area contributed by atoms with E-state index < -0.39 is 18.1 Å². The van der Waals surface area contributed by atoms with Gasteiger partial charge >= 0.3 is 12.0 Å². The van der Waals surface area contributed by atoms with Crippen LogP contribution >= 0.6 is 0 Å². The molecular weight excluding hydrogens is 400 g/mol. The fraction of sp³-hybridized carbons (Fsp3) is 0.500. The van der Waals surface area contributed by atoms with Crippen LogP contribution in [-0.2, 0) is 16.0 Å². The van der Waals surface area contributed by atoms with Crippen molar-refractivity contribution in [1.29, 1.82) is 0 Å². The number of amides is 2. The van der Waals surface area contributed by atoms with Crippen molar-refractivity contribution in [2.75, 3.05) is 27.9 Å². The van der Waals surface area contributed by atoms with Crippen molar-refractivity contribution >= 4 is 12.0 Å². The summed E-state index contributed by atoms with van der Waals surface area (Å²) < 4.78 is 16.0. The molecule has 2 aromatic rings. The maximum Gasteiger partial charge on any atom is 0.328 e. The third-order valence-electron chi connectivity index (χ3n) is 5.86. The van der Waals surface area contributed by atoms with E-state index >= 15 is 0 Å². The van der Waals surface area contributed by atoms with Gasteiger partial charge in [0.15, 0.2) is 11.5 Å².